The Balaban J connectivity index is 1.58. The van der Waals surface area contributed by atoms with Crippen LogP contribution in [0, 0.1) is 5.92 Å². The van der Waals surface area contributed by atoms with Crippen LogP contribution >= 0.6 is 0 Å². The van der Waals surface area contributed by atoms with Crippen molar-refractivity contribution in [1.29, 1.82) is 0 Å². The van der Waals surface area contributed by atoms with E-state index in [1.807, 2.05) is 24.0 Å². The molecule has 2 aliphatic rings. The first-order chi connectivity index (χ1) is 15.2. The van der Waals surface area contributed by atoms with Crippen LogP contribution in [0.2, 0.25) is 0 Å². The van der Waals surface area contributed by atoms with E-state index in [0.29, 0.717) is 44.2 Å². The normalized spacial score (nSPS) is 24.7. The lowest BCUT2D eigenvalue weighted by molar-refractivity contribution is -0.126. The van der Waals surface area contributed by atoms with Gasteiger partial charge in [0, 0.05) is 49.6 Å². The molecule has 2 N–H and O–H groups in total. The van der Waals surface area contributed by atoms with E-state index in [1.54, 1.807) is 12.4 Å². The van der Waals surface area contributed by atoms with Crippen LogP contribution < -0.4 is 10.6 Å². The van der Waals surface area contributed by atoms with Crippen molar-refractivity contribution < 1.29 is 14.1 Å². The van der Waals surface area contributed by atoms with Crippen molar-refractivity contribution in [2.75, 3.05) is 19.6 Å². The van der Waals surface area contributed by atoms with E-state index in [1.165, 1.54) is 0 Å². The van der Waals surface area contributed by atoms with E-state index < -0.39 is 0 Å². The van der Waals surface area contributed by atoms with E-state index in [0.717, 1.165) is 31.2 Å². The van der Waals surface area contributed by atoms with E-state index in [4.69, 9.17) is 4.52 Å². The van der Waals surface area contributed by atoms with Crippen LogP contribution in [-0.2, 0) is 4.79 Å². The highest BCUT2D eigenvalue weighted by Crippen LogP contribution is 2.41. The van der Waals surface area contributed by atoms with Crippen LogP contribution in [0.5, 0.6) is 0 Å². The molecule has 9 nitrogen and oxygen atoms in total. The van der Waals surface area contributed by atoms with Gasteiger partial charge < -0.3 is 20.1 Å². The Morgan fingerprint density at radius 2 is 2.16 bits per heavy atom. The van der Waals surface area contributed by atoms with Crippen LogP contribution in [0.4, 0.5) is 4.79 Å². The number of nitrogens with one attached hydrogen (secondary N) is 2. The zero-order valence-corrected chi connectivity index (χ0v) is 17.9. The first-order valence-corrected chi connectivity index (χ1v) is 11.2. The first-order valence-electron chi connectivity index (χ1n) is 11.2. The van der Waals surface area contributed by atoms with Gasteiger partial charge in [-0.25, -0.2) is 4.79 Å². The van der Waals surface area contributed by atoms with Crippen LogP contribution in [0.25, 0.3) is 11.4 Å². The number of pyridine rings is 1. The summed E-state index contributed by atoms with van der Waals surface area (Å²) in [4.78, 5) is 36.4. The molecule has 2 aromatic rings. The minimum Gasteiger partial charge on any atom is -0.356 e. The third-order valence-corrected chi connectivity index (χ3v) is 6.19. The Hall–Kier alpha value is -2.97. The Morgan fingerprint density at radius 1 is 1.29 bits per heavy atom. The van der Waals surface area contributed by atoms with Gasteiger partial charge in [0.2, 0.25) is 17.6 Å². The van der Waals surface area contributed by atoms with Gasteiger partial charge in [0.25, 0.3) is 0 Å². The third kappa shape index (κ3) is 4.86. The van der Waals surface area contributed by atoms with Crippen LogP contribution in [0.3, 0.4) is 0 Å². The lowest BCUT2D eigenvalue weighted by Crippen LogP contribution is -2.50. The second kappa shape index (κ2) is 9.89. The quantitative estimate of drug-likeness (QED) is 0.780. The Kier molecular flexibility index (Phi) is 6.79. The van der Waals surface area contributed by atoms with Gasteiger partial charge in [0.05, 0.1) is 5.92 Å². The number of carbonyl (C=O) groups is 2. The standard InChI is InChI=1S/C22H30N6O3/c1-2-24-22(30)28-11-6-4-3-5-10-25-20(29)17-12-16(13-18(17)28)21-26-19(27-31-21)15-8-7-9-23-14-15/h7-9,14,16-18H,2-6,10-13H2,1H3,(H,24,30)(H,25,29). The molecule has 3 amide bonds. The summed E-state index contributed by atoms with van der Waals surface area (Å²) in [5.41, 5.74) is 0.785. The van der Waals surface area contributed by atoms with Gasteiger partial charge >= 0.3 is 6.03 Å². The molecule has 2 fully saturated rings. The summed E-state index contributed by atoms with van der Waals surface area (Å²) in [5, 5.41) is 10.1. The van der Waals surface area contributed by atoms with Crippen molar-refractivity contribution in [2.24, 2.45) is 5.92 Å². The summed E-state index contributed by atoms with van der Waals surface area (Å²) < 4.78 is 5.58. The second-order valence-corrected chi connectivity index (χ2v) is 8.27. The number of urea groups is 1. The molecule has 1 aliphatic heterocycles. The number of amides is 3. The minimum absolute atomic E-state index is 0.00990. The number of carbonyl (C=O) groups excluding carboxylic acids is 2. The number of aromatic nitrogens is 3. The zero-order chi connectivity index (χ0) is 21.6. The number of nitrogens with zero attached hydrogens (tertiary/aromatic N) is 4. The summed E-state index contributed by atoms with van der Waals surface area (Å²) in [6.45, 7) is 3.79. The number of rotatable bonds is 3. The molecule has 9 heteroatoms. The molecule has 0 aromatic carbocycles. The van der Waals surface area contributed by atoms with E-state index in [9.17, 15) is 9.59 Å². The van der Waals surface area contributed by atoms with Crippen LogP contribution in [-0.4, -0.2) is 57.6 Å². The van der Waals surface area contributed by atoms with Gasteiger partial charge in [-0.05, 0) is 44.7 Å². The Labute approximate surface area is 182 Å². The Morgan fingerprint density at radius 3 is 2.97 bits per heavy atom. The molecule has 1 saturated carbocycles. The fourth-order valence-electron chi connectivity index (χ4n) is 4.63. The van der Waals surface area contributed by atoms with Crippen molar-refractivity contribution in [3.8, 4) is 11.4 Å². The largest absolute Gasteiger partial charge is 0.356 e. The molecular formula is C22H30N6O3. The topological polar surface area (TPSA) is 113 Å². The lowest BCUT2D eigenvalue weighted by atomic mass is 10.0. The monoisotopic (exact) mass is 426 g/mol. The van der Waals surface area contributed by atoms with Gasteiger partial charge in [-0.1, -0.05) is 18.0 Å². The molecule has 3 atom stereocenters. The Bertz CT molecular complexity index is 886. The minimum atomic E-state index is -0.292. The number of hydrogen-bond donors (Lipinski definition) is 2. The zero-order valence-electron chi connectivity index (χ0n) is 17.9. The lowest BCUT2D eigenvalue weighted by Gasteiger charge is -2.32. The summed E-state index contributed by atoms with van der Waals surface area (Å²) in [6, 6.07) is 3.41. The fourth-order valence-corrected chi connectivity index (χ4v) is 4.63. The summed E-state index contributed by atoms with van der Waals surface area (Å²) in [7, 11) is 0. The summed E-state index contributed by atoms with van der Waals surface area (Å²) in [6.07, 6.45) is 8.60. The van der Waals surface area contributed by atoms with Gasteiger partial charge in [0.15, 0.2) is 0 Å². The van der Waals surface area contributed by atoms with Gasteiger partial charge in [-0.3, -0.25) is 9.78 Å². The van der Waals surface area contributed by atoms with E-state index >= 15 is 0 Å². The first kappa shape index (κ1) is 21.3. The summed E-state index contributed by atoms with van der Waals surface area (Å²) >= 11 is 0. The van der Waals surface area contributed by atoms with Gasteiger partial charge in [-0.15, -0.1) is 0 Å². The van der Waals surface area contributed by atoms with Crippen LogP contribution in [0.1, 0.15) is 57.3 Å². The molecule has 1 aliphatic carbocycles. The van der Waals surface area contributed by atoms with Crippen molar-refractivity contribution in [3.63, 3.8) is 0 Å². The van der Waals surface area contributed by atoms with Crippen molar-refractivity contribution in [1.82, 2.24) is 30.7 Å². The van der Waals surface area contributed by atoms with Crippen LogP contribution in [0.15, 0.2) is 29.0 Å². The molecule has 2 aromatic heterocycles. The molecule has 0 spiro atoms. The number of hydrogen-bond acceptors (Lipinski definition) is 6. The molecule has 4 rings (SSSR count). The maximum Gasteiger partial charge on any atom is 0.317 e. The van der Waals surface area contributed by atoms with Gasteiger partial charge in [-0.2, -0.15) is 4.98 Å². The molecule has 0 radical (unpaired) electrons. The van der Waals surface area contributed by atoms with E-state index in [2.05, 4.69) is 25.8 Å². The maximum atomic E-state index is 13.0. The molecule has 3 heterocycles. The highest BCUT2D eigenvalue weighted by molar-refractivity contribution is 5.82. The molecule has 31 heavy (non-hydrogen) atoms. The SMILES string of the molecule is CCNC(=O)N1CCCCCCNC(=O)C2CC(c3nc(-c4cccnc4)no3)CC21. The molecule has 0 bridgehead atoms. The highest BCUT2D eigenvalue weighted by atomic mass is 16.5. The van der Waals surface area contributed by atoms with E-state index in [-0.39, 0.29) is 29.8 Å². The molecule has 166 valence electrons. The molecule has 3 unspecified atom stereocenters. The third-order valence-electron chi connectivity index (χ3n) is 6.19. The summed E-state index contributed by atoms with van der Waals surface area (Å²) in [5.74, 6) is 0.651. The van der Waals surface area contributed by atoms with Crippen molar-refractivity contribution in [3.05, 3.63) is 30.4 Å². The predicted octanol–water partition coefficient (Wildman–Crippen LogP) is 2.72. The highest BCUT2D eigenvalue weighted by Gasteiger charge is 2.45. The van der Waals surface area contributed by atoms with Gasteiger partial charge in [0.1, 0.15) is 0 Å². The number of fused-ring (bicyclic) bond motifs is 1. The molecular weight excluding hydrogens is 396 g/mol. The van der Waals surface area contributed by atoms with Crippen molar-refractivity contribution in [2.45, 2.75) is 57.4 Å². The second-order valence-electron chi connectivity index (χ2n) is 8.27. The molecule has 1 saturated heterocycles. The average molecular weight is 427 g/mol. The maximum absolute atomic E-state index is 13.0. The van der Waals surface area contributed by atoms with Crippen molar-refractivity contribution >= 4 is 11.9 Å². The average Bonchev–Trinajstić information content (AvgIpc) is 3.43. The fraction of sp³-hybridized carbons (Fsp3) is 0.591. The predicted molar refractivity (Wildman–Crippen MR) is 114 cm³/mol. The smallest absolute Gasteiger partial charge is 0.317 e.